The van der Waals surface area contributed by atoms with Crippen LogP contribution in [-0.4, -0.2) is 22.5 Å². The second-order valence-corrected chi connectivity index (χ2v) is 8.78. The van der Waals surface area contributed by atoms with Crippen molar-refractivity contribution in [2.75, 3.05) is 0 Å². The zero-order valence-corrected chi connectivity index (χ0v) is 16.9. The Balaban J connectivity index is 2.05. The highest BCUT2D eigenvalue weighted by molar-refractivity contribution is 7.85. The molecule has 7 nitrogen and oxygen atoms in total. The van der Waals surface area contributed by atoms with E-state index in [1.54, 1.807) is 36.7 Å². The normalized spacial score (nSPS) is 12.4. The Kier molecular flexibility index (Phi) is 3.71. The number of rotatable bonds is 1. The summed E-state index contributed by atoms with van der Waals surface area (Å²) < 4.78 is 34.2. The Bertz CT molecular complexity index is 1780. The van der Waals surface area contributed by atoms with Gasteiger partial charge in [-0.1, -0.05) is 12.1 Å². The zero-order valence-electron chi connectivity index (χ0n) is 16.1. The lowest BCUT2D eigenvalue weighted by molar-refractivity contribution is 0.483. The molecule has 2 heterocycles. The number of aromatic nitrogens is 2. The number of H-pyrrole nitrogens is 1. The van der Waals surface area contributed by atoms with Crippen molar-refractivity contribution < 1.29 is 13.0 Å². The summed E-state index contributed by atoms with van der Waals surface area (Å²) in [5, 5.41) is 1.76. The molecular formula is C22H16N2O5S. The van der Waals surface area contributed by atoms with E-state index < -0.39 is 10.1 Å². The van der Waals surface area contributed by atoms with Gasteiger partial charge in [0, 0.05) is 28.7 Å². The Hall–Kier alpha value is -3.49. The van der Waals surface area contributed by atoms with Gasteiger partial charge in [-0.2, -0.15) is 8.42 Å². The van der Waals surface area contributed by atoms with E-state index in [0.29, 0.717) is 49.2 Å². The number of aromatic amines is 1. The molecule has 5 rings (SSSR count). The summed E-state index contributed by atoms with van der Waals surface area (Å²) >= 11 is 0. The molecule has 3 aromatic carbocycles. The lowest BCUT2D eigenvalue weighted by Crippen LogP contribution is -2.14. The van der Waals surface area contributed by atoms with Gasteiger partial charge < -0.3 is 9.55 Å². The largest absolute Gasteiger partial charge is 0.354 e. The number of benzene rings is 3. The highest BCUT2D eigenvalue weighted by atomic mass is 32.2. The third-order valence-corrected chi connectivity index (χ3v) is 6.54. The van der Waals surface area contributed by atoms with E-state index in [1.807, 2.05) is 12.1 Å². The second-order valence-electron chi connectivity index (χ2n) is 7.36. The quantitative estimate of drug-likeness (QED) is 0.320. The van der Waals surface area contributed by atoms with Gasteiger partial charge in [0.25, 0.3) is 10.1 Å². The van der Waals surface area contributed by atoms with Crippen LogP contribution in [0, 0.1) is 6.92 Å². The maximum absolute atomic E-state index is 13.3. The molecule has 30 heavy (non-hydrogen) atoms. The van der Waals surface area contributed by atoms with Gasteiger partial charge in [-0.05, 0) is 48.9 Å². The van der Waals surface area contributed by atoms with Crippen LogP contribution in [0.15, 0.2) is 63.0 Å². The van der Waals surface area contributed by atoms with Crippen molar-refractivity contribution in [2.45, 2.75) is 11.8 Å². The van der Waals surface area contributed by atoms with Crippen molar-refractivity contribution in [3.63, 3.8) is 0 Å². The van der Waals surface area contributed by atoms with E-state index in [2.05, 4.69) is 4.98 Å². The number of aryl methyl sites for hydroxylation is 2. The number of hydrogen-bond donors (Lipinski definition) is 2. The van der Waals surface area contributed by atoms with E-state index in [4.69, 9.17) is 0 Å². The number of hydrogen-bond acceptors (Lipinski definition) is 4. The minimum absolute atomic E-state index is 0.149. The molecule has 0 atom stereocenters. The van der Waals surface area contributed by atoms with E-state index in [-0.39, 0.29) is 15.8 Å². The first-order valence-electron chi connectivity index (χ1n) is 9.17. The first-order chi connectivity index (χ1) is 14.2. The molecule has 0 radical (unpaired) electrons. The minimum atomic E-state index is -4.42. The van der Waals surface area contributed by atoms with Gasteiger partial charge >= 0.3 is 0 Å². The molecular weight excluding hydrogens is 404 g/mol. The fraction of sp³-hybridized carbons (Fsp3) is 0.0909. The molecule has 0 fully saturated rings. The summed E-state index contributed by atoms with van der Waals surface area (Å²) in [6.07, 6.45) is 0. The molecule has 2 N–H and O–H groups in total. The first kappa shape index (κ1) is 18.5. The highest BCUT2D eigenvalue weighted by Gasteiger charge is 2.18. The number of pyridine rings is 2. The summed E-state index contributed by atoms with van der Waals surface area (Å²) in [5.41, 5.74) is 2.36. The molecule has 0 bridgehead atoms. The van der Waals surface area contributed by atoms with Crippen LogP contribution in [0.5, 0.6) is 0 Å². The Morgan fingerprint density at radius 1 is 0.900 bits per heavy atom. The molecule has 0 unspecified atom stereocenters. The monoisotopic (exact) mass is 420 g/mol. The predicted octanol–water partition coefficient (Wildman–Crippen LogP) is 3.24. The first-order valence-corrected chi connectivity index (χ1v) is 10.6. The van der Waals surface area contributed by atoms with Crippen molar-refractivity contribution in [3.05, 3.63) is 74.5 Å². The third-order valence-electron chi connectivity index (χ3n) is 5.69. The van der Waals surface area contributed by atoms with Crippen LogP contribution in [0.25, 0.3) is 43.6 Å². The van der Waals surface area contributed by atoms with Crippen molar-refractivity contribution in [1.29, 1.82) is 0 Å². The Morgan fingerprint density at radius 3 is 2.37 bits per heavy atom. The summed E-state index contributed by atoms with van der Waals surface area (Å²) in [6.45, 7) is 1.79. The molecule has 2 aromatic heterocycles. The van der Waals surface area contributed by atoms with Crippen LogP contribution in [0.1, 0.15) is 5.56 Å². The van der Waals surface area contributed by atoms with Gasteiger partial charge in [-0.15, -0.1) is 0 Å². The molecule has 150 valence electrons. The molecule has 0 saturated heterocycles. The number of nitrogens with zero attached hydrogens (tertiary/aromatic N) is 1. The van der Waals surface area contributed by atoms with Crippen LogP contribution in [0.3, 0.4) is 0 Å². The molecule has 0 aliphatic carbocycles. The van der Waals surface area contributed by atoms with E-state index in [0.717, 1.165) is 0 Å². The Labute approximate surface area is 169 Å². The lowest BCUT2D eigenvalue weighted by Gasteiger charge is -2.15. The van der Waals surface area contributed by atoms with Crippen LogP contribution in [0.4, 0.5) is 0 Å². The van der Waals surface area contributed by atoms with Crippen LogP contribution >= 0.6 is 0 Å². The average Bonchev–Trinajstić information content (AvgIpc) is 2.72. The number of nitrogens with one attached hydrogen (secondary N) is 1. The van der Waals surface area contributed by atoms with Gasteiger partial charge in [-0.3, -0.25) is 14.1 Å². The van der Waals surface area contributed by atoms with Crippen LogP contribution < -0.4 is 10.9 Å². The predicted molar refractivity (Wildman–Crippen MR) is 117 cm³/mol. The van der Waals surface area contributed by atoms with E-state index in [1.165, 1.54) is 18.2 Å². The Morgan fingerprint density at radius 2 is 1.63 bits per heavy atom. The summed E-state index contributed by atoms with van der Waals surface area (Å²) in [6, 6.07) is 12.7. The molecule has 0 spiro atoms. The van der Waals surface area contributed by atoms with Gasteiger partial charge in [0.05, 0.1) is 26.8 Å². The van der Waals surface area contributed by atoms with Crippen molar-refractivity contribution in [2.24, 2.45) is 7.05 Å². The number of fused-ring (bicyclic) bond motifs is 4. The van der Waals surface area contributed by atoms with Crippen molar-refractivity contribution >= 4 is 53.7 Å². The third kappa shape index (κ3) is 2.44. The number of para-hydroxylation sites is 1. The smallest absolute Gasteiger partial charge is 0.294 e. The average molecular weight is 420 g/mol. The SMILES string of the molecule is Cc1c2[nH]c3ccccc3c(=O)c2cc2c1c(=O)c1ccc(S(=O)(=O)O)cc1n2C. The fourth-order valence-electron chi connectivity index (χ4n) is 4.17. The molecule has 8 heteroatoms. The van der Waals surface area contributed by atoms with Crippen molar-refractivity contribution in [1.82, 2.24) is 9.55 Å². The molecule has 0 aliphatic rings. The van der Waals surface area contributed by atoms with Gasteiger partial charge in [0.15, 0.2) is 10.9 Å². The van der Waals surface area contributed by atoms with Gasteiger partial charge in [0.1, 0.15) is 0 Å². The standard InChI is InChI=1S/C22H16N2O5S/c1-11-19-18(10-15-20(11)23-16-6-4-3-5-13(16)21(15)25)24(2)17-9-12(30(27,28)29)7-8-14(17)22(19)26/h3-10H,1-2H3,(H,23,25)(H,27,28,29). The van der Waals surface area contributed by atoms with Gasteiger partial charge in [0.2, 0.25) is 0 Å². The lowest BCUT2D eigenvalue weighted by atomic mass is 10.00. The van der Waals surface area contributed by atoms with Gasteiger partial charge in [-0.25, -0.2) is 0 Å². The maximum atomic E-state index is 13.3. The molecule has 0 saturated carbocycles. The summed E-state index contributed by atoms with van der Waals surface area (Å²) in [4.78, 5) is 29.4. The molecule has 0 amide bonds. The topological polar surface area (TPSA) is 109 Å². The summed E-state index contributed by atoms with van der Waals surface area (Å²) in [5.74, 6) is 0. The summed E-state index contributed by atoms with van der Waals surface area (Å²) in [7, 11) is -2.73. The van der Waals surface area contributed by atoms with Crippen LogP contribution in [-0.2, 0) is 17.2 Å². The van der Waals surface area contributed by atoms with E-state index in [9.17, 15) is 22.6 Å². The fourth-order valence-corrected chi connectivity index (χ4v) is 4.67. The van der Waals surface area contributed by atoms with Crippen LogP contribution in [0.2, 0.25) is 0 Å². The van der Waals surface area contributed by atoms with E-state index >= 15 is 0 Å². The maximum Gasteiger partial charge on any atom is 0.294 e. The molecule has 5 aromatic rings. The minimum Gasteiger partial charge on any atom is -0.354 e. The molecule has 0 aliphatic heterocycles. The highest BCUT2D eigenvalue weighted by Crippen LogP contribution is 2.28. The second kappa shape index (κ2) is 6.01. The zero-order chi connectivity index (χ0) is 21.4. The van der Waals surface area contributed by atoms with Crippen molar-refractivity contribution in [3.8, 4) is 0 Å².